The van der Waals surface area contributed by atoms with E-state index in [-0.39, 0.29) is 11.7 Å². The van der Waals surface area contributed by atoms with Crippen molar-refractivity contribution >= 4 is 11.6 Å². The van der Waals surface area contributed by atoms with Crippen LogP contribution in [0, 0.1) is 5.41 Å². The number of phenols is 1. The molecule has 1 atom stereocenters. The lowest BCUT2D eigenvalue weighted by molar-refractivity contribution is -0.165. The van der Waals surface area contributed by atoms with Crippen LogP contribution in [-0.2, 0) is 11.2 Å². The van der Waals surface area contributed by atoms with Crippen LogP contribution < -0.4 is 10.6 Å². The molecule has 1 saturated heterocycles. The summed E-state index contributed by atoms with van der Waals surface area (Å²) in [6.45, 7) is 3.38. The molecule has 1 aliphatic carbocycles. The van der Waals surface area contributed by atoms with E-state index in [2.05, 4.69) is 10.6 Å². The SMILES string of the molecule is CCc1ccc(O)c(NC(=O)C2([C@]3(O)CCCNC3)CCC2)c1. The van der Waals surface area contributed by atoms with Gasteiger partial charge in [-0.05, 0) is 56.3 Å². The summed E-state index contributed by atoms with van der Waals surface area (Å²) >= 11 is 0. The van der Waals surface area contributed by atoms with Gasteiger partial charge in [0.15, 0.2) is 0 Å². The highest BCUT2D eigenvalue weighted by Crippen LogP contribution is 2.52. The van der Waals surface area contributed by atoms with Gasteiger partial charge in [0.1, 0.15) is 5.75 Å². The normalized spacial score (nSPS) is 26.3. The van der Waals surface area contributed by atoms with Gasteiger partial charge >= 0.3 is 0 Å². The van der Waals surface area contributed by atoms with Crippen LogP contribution in [-0.4, -0.2) is 34.8 Å². The van der Waals surface area contributed by atoms with E-state index in [0.717, 1.165) is 31.4 Å². The molecule has 0 unspecified atom stereocenters. The van der Waals surface area contributed by atoms with Gasteiger partial charge in [-0.3, -0.25) is 4.79 Å². The molecule has 1 aromatic rings. The van der Waals surface area contributed by atoms with Gasteiger partial charge in [0.05, 0.1) is 16.7 Å². The minimum atomic E-state index is -0.994. The summed E-state index contributed by atoms with van der Waals surface area (Å²) in [5, 5.41) is 27.2. The van der Waals surface area contributed by atoms with Crippen LogP contribution in [0.2, 0.25) is 0 Å². The standard InChI is InChI=1S/C18H26N2O3/c1-2-13-5-6-15(21)14(11-13)20-16(22)17(7-3-8-17)18(23)9-4-10-19-12-18/h5-6,11,19,21,23H,2-4,7-10,12H2,1H3,(H,20,22)/t18-/m0/s1. The molecule has 0 bridgehead atoms. The minimum absolute atomic E-state index is 0.0683. The zero-order chi connectivity index (χ0) is 16.5. The Kier molecular flexibility index (Phi) is 4.34. The lowest BCUT2D eigenvalue weighted by Gasteiger charge is -2.53. The molecule has 2 fully saturated rings. The average molecular weight is 318 g/mol. The van der Waals surface area contributed by atoms with Crippen LogP contribution in [0.15, 0.2) is 18.2 Å². The fourth-order valence-corrected chi connectivity index (χ4v) is 3.88. The molecule has 1 heterocycles. The van der Waals surface area contributed by atoms with Gasteiger partial charge in [0.25, 0.3) is 0 Å². The van der Waals surface area contributed by atoms with E-state index in [0.29, 0.717) is 31.5 Å². The Morgan fingerprint density at radius 3 is 2.65 bits per heavy atom. The number of amides is 1. The zero-order valence-electron chi connectivity index (χ0n) is 13.7. The molecule has 23 heavy (non-hydrogen) atoms. The number of carbonyl (C=O) groups excluding carboxylic acids is 1. The Hall–Kier alpha value is -1.59. The van der Waals surface area contributed by atoms with Crippen molar-refractivity contribution < 1.29 is 15.0 Å². The van der Waals surface area contributed by atoms with Crippen molar-refractivity contribution in [1.82, 2.24) is 5.32 Å². The van der Waals surface area contributed by atoms with Crippen molar-refractivity contribution in [2.45, 2.75) is 51.0 Å². The van der Waals surface area contributed by atoms with Crippen molar-refractivity contribution in [1.29, 1.82) is 0 Å². The largest absolute Gasteiger partial charge is 0.506 e. The summed E-state index contributed by atoms with van der Waals surface area (Å²) < 4.78 is 0. The molecular weight excluding hydrogens is 292 g/mol. The molecule has 126 valence electrons. The molecule has 1 aliphatic heterocycles. The highest BCUT2D eigenvalue weighted by Gasteiger charge is 2.59. The number of aromatic hydroxyl groups is 1. The number of β-amino-alcohol motifs (C(OH)–C–C–N with tert-alkyl or cyclic N) is 1. The maximum Gasteiger partial charge on any atom is 0.233 e. The molecule has 2 aliphatic rings. The first kappa shape index (κ1) is 16.3. The molecule has 1 saturated carbocycles. The van der Waals surface area contributed by atoms with Crippen LogP contribution in [0.4, 0.5) is 5.69 Å². The maximum atomic E-state index is 13.0. The quantitative estimate of drug-likeness (QED) is 0.641. The molecule has 4 N–H and O–H groups in total. The Morgan fingerprint density at radius 1 is 1.30 bits per heavy atom. The van der Waals surface area contributed by atoms with Crippen LogP contribution in [0.5, 0.6) is 5.75 Å². The average Bonchev–Trinajstić information content (AvgIpc) is 2.48. The zero-order valence-corrected chi connectivity index (χ0v) is 13.7. The summed E-state index contributed by atoms with van der Waals surface area (Å²) in [6, 6.07) is 5.27. The van der Waals surface area contributed by atoms with Gasteiger partial charge in [0, 0.05) is 6.54 Å². The number of carbonyl (C=O) groups is 1. The lowest BCUT2D eigenvalue weighted by Crippen LogP contribution is -2.64. The van der Waals surface area contributed by atoms with E-state index in [1.807, 2.05) is 19.1 Å². The van der Waals surface area contributed by atoms with Crippen molar-refractivity contribution in [3.8, 4) is 5.75 Å². The van der Waals surface area contributed by atoms with Crippen LogP contribution in [0.3, 0.4) is 0 Å². The fourth-order valence-electron chi connectivity index (χ4n) is 3.88. The van der Waals surface area contributed by atoms with E-state index < -0.39 is 11.0 Å². The topological polar surface area (TPSA) is 81.6 Å². The first-order chi connectivity index (χ1) is 11.0. The molecule has 0 radical (unpaired) electrons. The summed E-state index contributed by atoms with van der Waals surface area (Å²) in [7, 11) is 0. The van der Waals surface area contributed by atoms with E-state index in [4.69, 9.17) is 0 Å². The van der Waals surface area contributed by atoms with Gasteiger partial charge < -0.3 is 20.8 Å². The number of piperidine rings is 1. The molecule has 0 aromatic heterocycles. The number of benzene rings is 1. The Bertz CT molecular complexity index is 590. The van der Waals surface area contributed by atoms with E-state index in [1.165, 1.54) is 0 Å². The number of hydrogen-bond donors (Lipinski definition) is 4. The molecule has 1 aromatic carbocycles. The Balaban J connectivity index is 1.83. The van der Waals surface area contributed by atoms with Crippen LogP contribution in [0.1, 0.15) is 44.6 Å². The second-order valence-electron chi connectivity index (χ2n) is 6.91. The Morgan fingerprint density at radius 2 is 2.09 bits per heavy atom. The third kappa shape index (κ3) is 2.72. The van der Waals surface area contributed by atoms with Gasteiger partial charge in [-0.1, -0.05) is 19.4 Å². The third-order valence-electron chi connectivity index (χ3n) is 5.61. The van der Waals surface area contributed by atoms with E-state index in [9.17, 15) is 15.0 Å². The highest BCUT2D eigenvalue weighted by molar-refractivity contribution is 5.98. The number of rotatable bonds is 4. The summed E-state index contributed by atoms with van der Waals surface area (Å²) in [5.74, 6) is -0.0997. The number of nitrogens with one attached hydrogen (secondary N) is 2. The summed E-state index contributed by atoms with van der Waals surface area (Å²) in [6.07, 6.45) is 4.71. The smallest absolute Gasteiger partial charge is 0.233 e. The molecule has 3 rings (SSSR count). The lowest BCUT2D eigenvalue weighted by atomic mass is 9.56. The van der Waals surface area contributed by atoms with E-state index >= 15 is 0 Å². The predicted molar refractivity (Wildman–Crippen MR) is 89.5 cm³/mol. The molecule has 5 nitrogen and oxygen atoms in total. The minimum Gasteiger partial charge on any atom is -0.506 e. The molecule has 1 amide bonds. The first-order valence-electron chi connectivity index (χ1n) is 8.57. The highest BCUT2D eigenvalue weighted by atomic mass is 16.3. The second-order valence-corrected chi connectivity index (χ2v) is 6.91. The number of aryl methyl sites for hydroxylation is 1. The van der Waals surface area contributed by atoms with Crippen molar-refractivity contribution in [2.75, 3.05) is 18.4 Å². The Labute approximate surface area is 137 Å². The monoisotopic (exact) mass is 318 g/mol. The number of phenolic OH excluding ortho intramolecular Hbond substituents is 1. The van der Waals surface area contributed by atoms with Crippen LogP contribution in [0.25, 0.3) is 0 Å². The van der Waals surface area contributed by atoms with Crippen molar-refractivity contribution in [3.05, 3.63) is 23.8 Å². The van der Waals surface area contributed by atoms with Gasteiger partial charge in [-0.2, -0.15) is 0 Å². The van der Waals surface area contributed by atoms with Gasteiger partial charge in [0.2, 0.25) is 5.91 Å². The first-order valence-corrected chi connectivity index (χ1v) is 8.57. The summed E-state index contributed by atoms with van der Waals surface area (Å²) in [4.78, 5) is 13.0. The van der Waals surface area contributed by atoms with Crippen LogP contribution >= 0.6 is 0 Å². The number of hydrogen-bond acceptors (Lipinski definition) is 4. The third-order valence-corrected chi connectivity index (χ3v) is 5.61. The number of anilines is 1. The molecule has 0 spiro atoms. The van der Waals surface area contributed by atoms with Gasteiger partial charge in [-0.25, -0.2) is 0 Å². The van der Waals surface area contributed by atoms with E-state index in [1.54, 1.807) is 6.07 Å². The molecular formula is C18H26N2O3. The predicted octanol–water partition coefficient (Wildman–Crippen LogP) is 2.18. The number of aliphatic hydroxyl groups is 1. The molecule has 5 heteroatoms. The van der Waals surface area contributed by atoms with Crippen molar-refractivity contribution in [2.24, 2.45) is 5.41 Å². The summed E-state index contributed by atoms with van der Waals surface area (Å²) in [5.41, 5.74) is -0.243. The van der Waals surface area contributed by atoms with Crippen molar-refractivity contribution in [3.63, 3.8) is 0 Å². The maximum absolute atomic E-state index is 13.0. The fraction of sp³-hybridized carbons (Fsp3) is 0.611. The van der Waals surface area contributed by atoms with Gasteiger partial charge in [-0.15, -0.1) is 0 Å². The second kappa shape index (κ2) is 6.13.